The lowest BCUT2D eigenvalue weighted by Gasteiger charge is -2.21. The highest BCUT2D eigenvalue weighted by molar-refractivity contribution is 7.22. The maximum atomic E-state index is 13.4. The predicted octanol–water partition coefficient (Wildman–Crippen LogP) is 5.29. The number of thiazole rings is 1. The van der Waals surface area contributed by atoms with Crippen LogP contribution in [-0.2, 0) is 4.74 Å². The Bertz CT molecular complexity index is 989. The van der Waals surface area contributed by atoms with Crippen LogP contribution in [0, 0.1) is 5.92 Å². The first-order valence-electron chi connectivity index (χ1n) is 9.61. The number of carbonyl (C=O) groups excluding carboxylic acids is 1. The van der Waals surface area contributed by atoms with E-state index >= 15 is 0 Å². The molecule has 0 atom stereocenters. The normalized spacial score (nSPS) is 11.1. The first-order valence-corrected chi connectivity index (χ1v) is 10.8. The number of hydrogen-bond donors (Lipinski definition) is 0. The van der Waals surface area contributed by atoms with Gasteiger partial charge in [-0.05, 0) is 30.2 Å². The summed E-state index contributed by atoms with van der Waals surface area (Å²) in [6.07, 6.45) is 0. The Morgan fingerprint density at radius 3 is 2.67 bits per heavy atom. The number of fused-ring (bicyclic) bond motifs is 1. The molecule has 160 valence electrons. The molecule has 0 aliphatic rings. The number of methoxy groups -OCH3 is 2. The molecule has 30 heavy (non-hydrogen) atoms. The highest BCUT2D eigenvalue weighted by Crippen LogP contribution is 2.38. The van der Waals surface area contributed by atoms with E-state index in [4.69, 9.17) is 25.8 Å². The molecule has 0 saturated carbocycles. The first kappa shape index (κ1) is 22.3. The minimum Gasteiger partial charge on any atom is -0.493 e. The Morgan fingerprint density at radius 1 is 1.23 bits per heavy atom. The Labute approximate surface area is 185 Å². The molecule has 3 rings (SSSR count). The average molecular weight is 449 g/mol. The standard InChI is InChI=1S/C22H25ClN2O4S/c1-14(2)13-29-20-16(23)11-15(12-18(20)28-4)21(26)25(9-10-27-3)22-24-17-7-5-6-8-19(17)30-22/h5-8,11-12,14H,9-10,13H2,1-4H3. The topological polar surface area (TPSA) is 60.9 Å². The van der Waals surface area contributed by atoms with Gasteiger partial charge < -0.3 is 14.2 Å². The van der Waals surface area contributed by atoms with Crippen LogP contribution in [0.1, 0.15) is 24.2 Å². The molecule has 1 heterocycles. The second kappa shape index (κ2) is 10.1. The summed E-state index contributed by atoms with van der Waals surface area (Å²) in [4.78, 5) is 19.6. The van der Waals surface area contributed by atoms with Gasteiger partial charge in [0.05, 0.1) is 42.1 Å². The third kappa shape index (κ3) is 5.03. The van der Waals surface area contributed by atoms with Gasteiger partial charge in [-0.3, -0.25) is 9.69 Å². The minimum absolute atomic E-state index is 0.235. The quantitative estimate of drug-likeness (QED) is 0.445. The number of halogens is 1. The number of rotatable bonds is 9. The maximum absolute atomic E-state index is 13.4. The summed E-state index contributed by atoms with van der Waals surface area (Å²) in [7, 11) is 3.13. The van der Waals surface area contributed by atoms with Crippen molar-refractivity contribution < 1.29 is 19.0 Å². The van der Waals surface area contributed by atoms with Gasteiger partial charge in [-0.25, -0.2) is 4.98 Å². The van der Waals surface area contributed by atoms with Gasteiger partial charge in [0.2, 0.25) is 0 Å². The number of carbonyl (C=O) groups is 1. The summed E-state index contributed by atoms with van der Waals surface area (Å²) >= 11 is 7.90. The second-order valence-corrected chi connectivity index (χ2v) is 8.52. The molecular formula is C22H25ClN2O4S. The zero-order valence-electron chi connectivity index (χ0n) is 17.5. The average Bonchev–Trinajstić information content (AvgIpc) is 3.16. The van der Waals surface area contributed by atoms with Crippen molar-refractivity contribution in [3.63, 3.8) is 0 Å². The molecule has 0 unspecified atom stereocenters. The van der Waals surface area contributed by atoms with E-state index < -0.39 is 0 Å². The number of aromatic nitrogens is 1. The third-order valence-corrected chi connectivity index (χ3v) is 5.66. The monoisotopic (exact) mass is 448 g/mol. The summed E-state index contributed by atoms with van der Waals surface area (Å²) in [6, 6.07) is 11.0. The fourth-order valence-corrected chi connectivity index (χ4v) is 4.09. The van der Waals surface area contributed by atoms with Gasteiger partial charge in [0.1, 0.15) is 0 Å². The Morgan fingerprint density at radius 2 is 2.00 bits per heavy atom. The van der Waals surface area contributed by atoms with E-state index in [1.54, 1.807) is 24.1 Å². The number of hydrogen-bond acceptors (Lipinski definition) is 6. The lowest BCUT2D eigenvalue weighted by molar-refractivity contribution is 0.0975. The van der Waals surface area contributed by atoms with Crippen molar-refractivity contribution >= 4 is 44.2 Å². The molecule has 0 saturated heterocycles. The minimum atomic E-state index is -0.235. The van der Waals surface area contributed by atoms with Gasteiger partial charge >= 0.3 is 0 Å². The molecule has 6 nitrogen and oxygen atoms in total. The number of ether oxygens (including phenoxy) is 3. The van der Waals surface area contributed by atoms with Crippen LogP contribution < -0.4 is 14.4 Å². The molecule has 0 fully saturated rings. The van der Waals surface area contributed by atoms with Crippen LogP contribution in [0.4, 0.5) is 5.13 Å². The first-order chi connectivity index (χ1) is 14.4. The van der Waals surface area contributed by atoms with Crippen molar-refractivity contribution in [1.29, 1.82) is 0 Å². The largest absolute Gasteiger partial charge is 0.493 e. The van der Waals surface area contributed by atoms with Crippen LogP contribution in [-0.4, -0.2) is 44.9 Å². The van der Waals surface area contributed by atoms with Crippen molar-refractivity contribution in [2.75, 3.05) is 38.9 Å². The lowest BCUT2D eigenvalue weighted by Crippen LogP contribution is -2.34. The number of anilines is 1. The van der Waals surface area contributed by atoms with Crippen LogP contribution in [0.2, 0.25) is 5.02 Å². The fourth-order valence-electron chi connectivity index (χ4n) is 2.83. The van der Waals surface area contributed by atoms with Crippen molar-refractivity contribution in [3.05, 3.63) is 47.0 Å². The van der Waals surface area contributed by atoms with Crippen LogP contribution in [0.3, 0.4) is 0 Å². The van der Waals surface area contributed by atoms with Crippen LogP contribution in [0.25, 0.3) is 10.2 Å². The Hall–Kier alpha value is -2.35. The highest BCUT2D eigenvalue weighted by Gasteiger charge is 2.24. The zero-order chi connectivity index (χ0) is 21.7. The number of benzene rings is 2. The molecule has 1 aromatic heterocycles. The molecule has 0 radical (unpaired) electrons. The molecule has 0 bridgehead atoms. The van der Waals surface area contributed by atoms with Crippen molar-refractivity contribution in [3.8, 4) is 11.5 Å². The van der Waals surface area contributed by atoms with Gasteiger partial charge in [-0.2, -0.15) is 0 Å². The van der Waals surface area contributed by atoms with E-state index in [0.29, 0.717) is 52.9 Å². The Balaban J connectivity index is 1.96. The van der Waals surface area contributed by atoms with Gasteiger partial charge in [0, 0.05) is 12.7 Å². The summed E-state index contributed by atoms with van der Waals surface area (Å²) in [5.41, 5.74) is 1.24. The van der Waals surface area contributed by atoms with Gasteiger partial charge in [0.15, 0.2) is 16.6 Å². The fraction of sp³-hybridized carbons (Fsp3) is 0.364. The lowest BCUT2D eigenvalue weighted by atomic mass is 10.1. The highest BCUT2D eigenvalue weighted by atomic mass is 35.5. The predicted molar refractivity (Wildman–Crippen MR) is 122 cm³/mol. The SMILES string of the molecule is COCCN(C(=O)c1cc(Cl)c(OCC(C)C)c(OC)c1)c1nc2ccccc2s1. The van der Waals surface area contributed by atoms with E-state index in [-0.39, 0.29) is 5.91 Å². The second-order valence-electron chi connectivity index (χ2n) is 7.11. The van der Waals surface area contributed by atoms with Crippen LogP contribution >= 0.6 is 22.9 Å². The number of nitrogens with zero attached hydrogens (tertiary/aromatic N) is 2. The van der Waals surface area contributed by atoms with E-state index in [2.05, 4.69) is 4.98 Å². The smallest absolute Gasteiger partial charge is 0.260 e. The van der Waals surface area contributed by atoms with E-state index in [9.17, 15) is 4.79 Å². The van der Waals surface area contributed by atoms with Gasteiger partial charge in [0.25, 0.3) is 5.91 Å². The molecule has 0 N–H and O–H groups in total. The summed E-state index contributed by atoms with van der Waals surface area (Å²) < 4.78 is 17.5. The molecule has 0 aliphatic heterocycles. The van der Waals surface area contributed by atoms with Gasteiger partial charge in [-0.15, -0.1) is 0 Å². The molecular weight excluding hydrogens is 424 g/mol. The number of amides is 1. The molecule has 0 spiro atoms. The van der Waals surface area contributed by atoms with Crippen molar-refractivity contribution in [1.82, 2.24) is 4.98 Å². The molecule has 3 aromatic rings. The summed E-state index contributed by atoms with van der Waals surface area (Å²) in [6.45, 7) is 5.33. The molecule has 0 aliphatic carbocycles. The van der Waals surface area contributed by atoms with E-state index in [1.807, 2.05) is 38.1 Å². The van der Waals surface area contributed by atoms with E-state index in [0.717, 1.165) is 10.2 Å². The summed E-state index contributed by atoms with van der Waals surface area (Å²) in [5.74, 6) is 0.952. The molecule has 2 aromatic carbocycles. The summed E-state index contributed by atoms with van der Waals surface area (Å²) in [5, 5.41) is 0.933. The molecule has 1 amide bonds. The zero-order valence-corrected chi connectivity index (χ0v) is 19.0. The maximum Gasteiger partial charge on any atom is 0.260 e. The Kier molecular flexibility index (Phi) is 7.53. The third-order valence-electron chi connectivity index (χ3n) is 4.32. The van der Waals surface area contributed by atoms with Crippen molar-refractivity contribution in [2.45, 2.75) is 13.8 Å². The van der Waals surface area contributed by atoms with Crippen molar-refractivity contribution in [2.24, 2.45) is 5.92 Å². The van der Waals surface area contributed by atoms with Crippen LogP contribution in [0.5, 0.6) is 11.5 Å². The van der Waals surface area contributed by atoms with Gasteiger partial charge in [-0.1, -0.05) is 48.9 Å². The molecule has 8 heteroatoms. The van der Waals surface area contributed by atoms with E-state index in [1.165, 1.54) is 18.4 Å². The number of para-hydroxylation sites is 1. The van der Waals surface area contributed by atoms with Crippen LogP contribution in [0.15, 0.2) is 36.4 Å².